The van der Waals surface area contributed by atoms with Gasteiger partial charge in [0.05, 0.1) is 17.2 Å². The first-order valence-corrected chi connectivity index (χ1v) is 11.4. The van der Waals surface area contributed by atoms with Gasteiger partial charge in [-0.1, -0.05) is 26.0 Å². The Morgan fingerprint density at radius 1 is 1.18 bits per heavy atom. The van der Waals surface area contributed by atoms with Gasteiger partial charge in [-0.05, 0) is 43.4 Å². The Labute approximate surface area is 196 Å². The summed E-state index contributed by atoms with van der Waals surface area (Å²) in [6, 6.07) is 4.75. The van der Waals surface area contributed by atoms with Crippen LogP contribution in [-0.2, 0) is 12.6 Å². The molecule has 0 aliphatic carbocycles. The standard InChI is InChI=1S/C24H28F3N5O2/c1-14(2)8-9-28-22(33)20-15(3)18-12-16-13-31(10-11-32(16)21(18)30-29-20)23(34)17-6-4-5-7-19(17)24(25,26)27/h4-7,14,16H,8-13H2,1-3H3,(H,28,33). The second kappa shape index (κ2) is 9.23. The van der Waals surface area contributed by atoms with Gasteiger partial charge in [0.2, 0.25) is 0 Å². The highest BCUT2D eigenvalue weighted by atomic mass is 19.4. The van der Waals surface area contributed by atoms with E-state index in [1.807, 2.05) is 11.8 Å². The largest absolute Gasteiger partial charge is 0.417 e. The third kappa shape index (κ3) is 4.58. The molecule has 4 rings (SSSR count). The number of piperazine rings is 1. The number of halogens is 3. The van der Waals surface area contributed by atoms with E-state index in [-0.39, 0.29) is 36.3 Å². The molecular weight excluding hydrogens is 447 g/mol. The zero-order chi connectivity index (χ0) is 24.6. The summed E-state index contributed by atoms with van der Waals surface area (Å²) in [6.07, 6.45) is -3.19. The molecule has 7 nitrogen and oxygen atoms in total. The minimum absolute atomic E-state index is 0.127. The van der Waals surface area contributed by atoms with E-state index >= 15 is 0 Å². The third-order valence-corrected chi connectivity index (χ3v) is 6.49. The average molecular weight is 476 g/mol. The van der Waals surface area contributed by atoms with Gasteiger partial charge in [-0.2, -0.15) is 13.2 Å². The molecule has 1 fully saturated rings. The normalized spacial score (nSPS) is 17.6. The van der Waals surface area contributed by atoms with Crippen LogP contribution < -0.4 is 10.2 Å². The Bertz CT molecular complexity index is 1100. The van der Waals surface area contributed by atoms with Gasteiger partial charge in [0.15, 0.2) is 11.5 Å². The van der Waals surface area contributed by atoms with Crippen LogP contribution in [0, 0.1) is 12.8 Å². The Morgan fingerprint density at radius 3 is 2.62 bits per heavy atom. The van der Waals surface area contributed by atoms with E-state index in [1.165, 1.54) is 23.1 Å². The Balaban J connectivity index is 1.50. The number of hydrogen-bond donors (Lipinski definition) is 1. The van der Waals surface area contributed by atoms with E-state index in [0.717, 1.165) is 23.6 Å². The van der Waals surface area contributed by atoms with Gasteiger partial charge >= 0.3 is 6.18 Å². The highest BCUT2D eigenvalue weighted by Crippen LogP contribution is 2.36. The summed E-state index contributed by atoms with van der Waals surface area (Å²) in [4.78, 5) is 29.1. The average Bonchev–Trinajstić information content (AvgIpc) is 3.16. The predicted molar refractivity (Wildman–Crippen MR) is 121 cm³/mol. The number of alkyl halides is 3. The number of carbonyl (C=O) groups is 2. The smallest absolute Gasteiger partial charge is 0.351 e. The summed E-state index contributed by atoms with van der Waals surface area (Å²) in [5.41, 5.74) is 0.678. The molecule has 1 N–H and O–H groups in total. The molecule has 182 valence electrons. The number of carbonyl (C=O) groups excluding carboxylic acids is 2. The molecule has 1 atom stereocenters. The van der Waals surface area contributed by atoms with Gasteiger partial charge in [-0.15, -0.1) is 10.2 Å². The van der Waals surface area contributed by atoms with Crippen molar-refractivity contribution in [3.8, 4) is 0 Å². The first kappa shape index (κ1) is 24.0. The van der Waals surface area contributed by atoms with Gasteiger partial charge in [0, 0.05) is 31.7 Å². The lowest BCUT2D eigenvalue weighted by molar-refractivity contribution is -0.138. The second-order valence-corrected chi connectivity index (χ2v) is 9.26. The zero-order valence-corrected chi connectivity index (χ0v) is 19.4. The molecule has 2 aliphatic rings. The first-order chi connectivity index (χ1) is 16.1. The van der Waals surface area contributed by atoms with Crippen molar-refractivity contribution < 1.29 is 22.8 Å². The Kier molecular flexibility index (Phi) is 6.51. The lowest BCUT2D eigenvalue weighted by atomic mass is 10.0. The van der Waals surface area contributed by atoms with Gasteiger partial charge in [0.1, 0.15) is 0 Å². The van der Waals surface area contributed by atoms with Crippen LogP contribution in [-0.4, -0.2) is 59.1 Å². The number of rotatable bonds is 5. The molecule has 1 aromatic heterocycles. The summed E-state index contributed by atoms with van der Waals surface area (Å²) >= 11 is 0. The summed E-state index contributed by atoms with van der Waals surface area (Å²) < 4.78 is 40.2. The van der Waals surface area contributed by atoms with Crippen LogP contribution in [0.2, 0.25) is 0 Å². The van der Waals surface area contributed by atoms with Crippen LogP contribution in [0.25, 0.3) is 0 Å². The molecule has 1 unspecified atom stereocenters. The number of amides is 2. The van der Waals surface area contributed by atoms with Gasteiger partial charge in [0.25, 0.3) is 11.8 Å². The lowest BCUT2D eigenvalue weighted by Crippen LogP contribution is -2.54. The zero-order valence-electron chi connectivity index (χ0n) is 19.4. The molecule has 1 aromatic carbocycles. The fourth-order valence-corrected chi connectivity index (χ4v) is 4.61. The van der Waals surface area contributed by atoms with Crippen molar-refractivity contribution in [2.75, 3.05) is 31.1 Å². The predicted octanol–water partition coefficient (Wildman–Crippen LogP) is 3.47. The van der Waals surface area contributed by atoms with E-state index in [2.05, 4.69) is 29.4 Å². The minimum atomic E-state index is -4.60. The number of fused-ring (bicyclic) bond motifs is 3. The molecule has 0 radical (unpaired) electrons. The number of nitrogens with zero attached hydrogens (tertiary/aromatic N) is 4. The number of nitrogens with one attached hydrogen (secondary N) is 1. The van der Waals surface area contributed by atoms with Gasteiger partial charge in [-0.25, -0.2) is 0 Å². The molecule has 10 heteroatoms. The van der Waals surface area contributed by atoms with Crippen LogP contribution in [0.5, 0.6) is 0 Å². The van der Waals surface area contributed by atoms with Gasteiger partial charge < -0.3 is 15.1 Å². The van der Waals surface area contributed by atoms with Crippen molar-refractivity contribution in [2.24, 2.45) is 5.92 Å². The maximum Gasteiger partial charge on any atom is 0.417 e. The molecular formula is C24H28F3N5O2. The van der Waals surface area contributed by atoms with Crippen molar-refractivity contribution in [3.05, 3.63) is 52.2 Å². The monoisotopic (exact) mass is 475 g/mol. The van der Waals surface area contributed by atoms with E-state index in [0.29, 0.717) is 31.2 Å². The van der Waals surface area contributed by atoms with Crippen LogP contribution >= 0.6 is 0 Å². The first-order valence-electron chi connectivity index (χ1n) is 11.4. The van der Waals surface area contributed by atoms with Crippen molar-refractivity contribution in [2.45, 2.75) is 45.8 Å². The number of hydrogen-bond acceptors (Lipinski definition) is 5. The minimum Gasteiger partial charge on any atom is -0.351 e. The van der Waals surface area contributed by atoms with Crippen LogP contribution in [0.15, 0.2) is 24.3 Å². The van der Waals surface area contributed by atoms with Crippen molar-refractivity contribution in [1.29, 1.82) is 0 Å². The second-order valence-electron chi connectivity index (χ2n) is 9.26. The molecule has 0 bridgehead atoms. The van der Waals surface area contributed by atoms with E-state index in [4.69, 9.17) is 0 Å². The lowest BCUT2D eigenvalue weighted by Gasteiger charge is -2.38. The molecule has 2 amide bonds. The van der Waals surface area contributed by atoms with Crippen molar-refractivity contribution >= 4 is 17.6 Å². The molecule has 2 aromatic rings. The number of anilines is 1. The van der Waals surface area contributed by atoms with Crippen LogP contribution in [0.1, 0.15) is 57.8 Å². The quantitative estimate of drug-likeness (QED) is 0.717. The molecule has 0 spiro atoms. The van der Waals surface area contributed by atoms with Crippen LogP contribution in [0.4, 0.5) is 19.0 Å². The summed E-state index contributed by atoms with van der Waals surface area (Å²) in [5.74, 6) is 0.261. The highest BCUT2D eigenvalue weighted by Gasteiger charge is 2.41. The molecule has 3 heterocycles. The topological polar surface area (TPSA) is 78.4 Å². The molecule has 1 saturated heterocycles. The maximum absolute atomic E-state index is 13.4. The summed E-state index contributed by atoms with van der Waals surface area (Å²) in [5, 5.41) is 11.4. The fraction of sp³-hybridized carbons (Fsp3) is 0.500. The molecule has 0 saturated carbocycles. The van der Waals surface area contributed by atoms with Crippen molar-refractivity contribution in [1.82, 2.24) is 20.4 Å². The number of benzene rings is 1. The third-order valence-electron chi connectivity index (χ3n) is 6.49. The fourth-order valence-electron chi connectivity index (χ4n) is 4.61. The summed E-state index contributed by atoms with van der Waals surface area (Å²) in [6.45, 7) is 7.55. The molecule has 2 aliphatic heterocycles. The Hall–Kier alpha value is -3.17. The van der Waals surface area contributed by atoms with Crippen molar-refractivity contribution in [3.63, 3.8) is 0 Å². The highest BCUT2D eigenvalue weighted by molar-refractivity contribution is 5.96. The molecule has 34 heavy (non-hydrogen) atoms. The summed E-state index contributed by atoms with van der Waals surface area (Å²) in [7, 11) is 0. The van der Waals surface area contributed by atoms with E-state index in [9.17, 15) is 22.8 Å². The number of aromatic nitrogens is 2. The van der Waals surface area contributed by atoms with E-state index < -0.39 is 17.6 Å². The van der Waals surface area contributed by atoms with E-state index in [1.54, 1.807) is 0 Å². The van der Waals surface area contributed by atoms with Gasteiger partial charge in [-0.3, -0.25) is 9.59 Å². The van der Waals surface area contributed by atoms with Crippen LogP contribution in [0.3, 0.4) is 0 Å². The SMILES string of the molecule is Cc1c(C(=O)NCCC(C)C)nnc2c1CC1CN(C(=O)c3ccccc3C(F)(F)F)CCN21. The maximum atomic E-state index is 13.4. The Morgan fingerprint density at radius 2 is 1.91 bits per heavy atom.